The van der Waals surface area contributed by atoms with Gasteiger partial charge >= 0.3 is 5.97 Å². The van der Waals surface area contributed by atoms with Crippen LogP contribution in [-0.2, 0) is 20.9 Å². The van der Waals surface area contributed by atoms with Crippen molar-refractivity contribution >= 4 is 11.9 Å². The largest absolute Gasteiger partial charge is 0.469 e. The Balaban J connectivity index is 1.57. The number of benzene rings is 1. The second kappa shape index (κ2) is 7.42. The Bertz CT molecular complexity index is 748. The highest BCUT2D eigenvalue weighted by Gasteiger charge is 2.28. The highest BCUT2D eigenvalue weighted by Crippen LogP contribution is 2.19. The molecule has 0 bridgehead atoms. The summed E-state index contributed by atoms with van der Waals surface area (Å²) < 4.78 is 4.76. The fourth-order valence-electron chi connectivity index (χ4n) is 2.88. The lowest BCUT2D eigenvalue weighted by Crippen LogP contribution is -2.42. The maximum Gasteiger partial charge on any atom is 0.308 e. The summed E-state index contributed by atoms with van der Waals surface area (Å²) in [4.78, 5) is 27.0. The molecule has 3 rings (SSSR count). The smallest absolute Gasteiger partial charge is 0.308 e. The molecule has 0 saturated carbocycles. The maximum absolute atomic E-state index is 12.4. The van der Waals surface area contributed by atoms with Gasteiger partial charge in [0.15, 0.2) is 0 Å². The van der Waals surface area contributed by atoms with Gasteiger partial charge in [0, 0.05) is 18.7 Å². The minimum atomic E-state index is -0.201. The normalized spacial score (nSPS) is 15.2. The van der Waals surface area contributed by atoms with Crippen molar-refractivity contribution in [3.05, 3.63) is 29.8 Å². The van der Waals surface area contributed by atoms with E-state index in [0.717, 1.165) is 11.1 Å². The van der Waals surface area contributed by atoms with Gasteiger partial charge in [-0.05, 0) is 25.0 Å². The molecule has 1 aromatic heterocycles. The standard InChI is InChI=1S/C17H21N5O3/c1-12-3-5-13(6-4-12)16-18-20-22(19-16)11-15(23)21-9-7-14(8-10-21)17(24)25-2/h3-6,14H,7-11H2,1-2H3. The van der Waals surface area contributed by atoms with Gasteiger partial charge in [0.1, 0.15) is 6.54 Å². The first-order valence-corrected chi connectivity index (χ1v) is 8.27. The fourth-order valence-corrected chi connectivity index (χ4v) is 2.88. The SMILES string of the molecule is COC(=O)C1CCN(C(=O)Cn2nnc(-c3ccc(C)cc3)n2)CC1. The number of tetrazole rings is 1. The molecule has 132 valence electrons. The number of hydrogen-bond acceptors (Lipinski definition) is 6. The summed E-state index contributed by atoms with van der Waals surface area (Å²) in [5.41, 5.74) is 2.02. The molecule has 8 nitrogen and oxygen atoms in total. The number of methoxy groups -OCH3 is 1. The molecular weight excluding hydrogens is 322 g/mol. The van der Waals surface area contributed by atoms with E-state index in [1.165, 1.54) is 11.9 Å². The van der Waals surface area contributed by atoms with Crippen molar-refractivity contribution in [3.63, 3.8) is 0 Å². The van der Waals surface area contributed by atoms with Gasteiger partial charge in [-0.3, -0.25) is 9.59 Å². The number of piperidine rings is 1. The van der Waals surface area contributed by atoms with Crippen molar-refractivity contribution in [1.82, 2.24) is 25.1 Å². The molecule has 1 aliphatic heterocycles. The second-order valence-electron chi connectivity index (χ2n) is 6.19. The zero-order valence-corrected chi connectivity index (χ0v) is 14.4. The van der Waals surface area contributed by atoms with E-state index in [9.17, 15) is 9.59 Å². The third-order valence-corrected chi connectivity index (χ3v) is 4.42. The highest BCUT2D eigenvalue weighted by molar-refractivity contribution is 5.77. The average Bonchev–Trinajstić information content (AvgIpc) is 3.10. The van der Waals surface area contributed by atoms with Gasteiger partial charge < -0.3 is 9.64 Å². The van der Waals surface area contributed by atoms with Crippen molar-refractivity contribution in [3.8, 4) is 11.4 Å². The van der Waals surface area contributed by atoms with E-state index in [4.69, 9.17) is 4.74 Å². The van der Waals surface area contributed by atoms with Gasteiger partial charge in [0.2, 0.25) is 11.7 Å². The number of ether oxygens (including phenoxy) is 1. The summed E-state index contributed by atoms with van der Waals surface area (Å²) in [7, 11) is 1.39. The van der Waals surface area contributed by atoms with Crippen molar-refractivity contribution < 1.29 is 14.3 Å². The van der Waals surface area contributed by atoms with E-state index in [1.54, 1.807) is 4.90 Å². The Hall–Kier alpha value is -2.77. The molecule has 1 saturated heterocycles. The van der Waals surface area contributed by atoms with Crippen LogP contribution in [-0.4, -0.2) is 57.2 Å². The molecule has 0 spiro atoms. The monoisotopic (exact) mass is 343 g/mol. The van der Waals surface area contributed by atoms with E-state index >= 15 is 0 Å². The van der Waals surface area contributed by atoms with Crippen LogP contribution in [0.15, 0.2) is 24.3 Å². The molecule has 1 aliphatic rings. The highest BCUT2D eigenvalue weighted by atomic mass is 16.5. The van der Waals surface area contributed by atoms with Crippen LogP contribution in [0.1, 0.15) is 18.4 Å². The second-order valence-corrected chi connectivity index (χ2v) is 6.19. The molecule has 25 heavy (non-hydrogen) atoms. The molecule has 1 amide bonds. The number of amides is 1. The number of likely N-dealkylation sites (tertiary alicyclic amines) is 1. The van der Waals surface area contributed by atoms with Crippen molar-refractivity contribution in [2.24, 2.45) is 5.92 Å². The van der Waals surface area contributed by atoms with Crippen molar-refractivity contribution in [1.29, 1.82) is 0 Å². The predicted octanol–water partition coefficient (Wildman–Crippen LogP) is 1.06. The maximum atomic E-state index is 12.4. The fraction of sp³-hybridized carbons (Fsp3) is 0.471. The summed E-state index contributed by atoms with van der Waals surface area (Å²) in [5, 5.41) is 12.2. The Morgan fingerprint density at radius 2 is 1.88 bits per heavy atom. The van der Waals surface area contributed by atoms with Crippen LogP contribution in [0.3, 0.4) is 0 Å². The van der Waals surface area contributed by atoms with E-state index < -0.39 is 0 Å². The van der Waals surface area contributed by atoms with E-state index in [2.05, 4.69) is 15.4 Å². The number of aromatic nitrogens is 4. The van der Waals surface area contributed by atoms with Crippen LogP contribution in [0.2, 0.25) is 0 Å². The summed E-state index contributed by atoms with van der Waals surface area (Å²) >= 11 is 0. The number of aryl methyl sites for hydroxylation is 1. The van der Waals surface area contributed by atoms with Crippen LogP contribution in [0.5, 0.6) is 0 Å². The van der Waals surface area contributed by atoms with Gasteiger partial charge in [-0.15, -0.1) is 10.2 Å². The molecular formula is C17H21N5O3. The van der Waals surface area contributed by atoms with Gasteiger partial charge in [0.25, 0.3) is 0 Å². The lowest BCUT2D eigenvalue weighted by molar-refractivity contribution is -0.149. The third kappa shape index (κ3) is 4.01. The van der Waals surface area contributed by atoms with Crippen molar-refractivity contribution in [2.45, 2.75) is 26.3 Å². The van der Waals surface area contributed by atoms with E-state index in [1.807, 2.05) is 31.2 Å². The van der Waals surface area contributed by atoms with E-state index in [-0.39, 0.29) is 24.3 Å². The van der Waals surface area contributed by atoms with Crippen LogP contribution in [0.4, 0.5) is 0 Å². The predicted molar refractivity (Wildman–Crippen MR) is 89.3 cm³/mol. The number of nitrogens with zero attached hydrogens (tertiary/aromatic N) is 5. The quantitative estimate of drug-likeness (QED) is 0.771. The number of rotatable bonds is 4. The zero-order chi connectivity index (χ0) is 17.8. The molecule has 1 fully saturated rings. The summed E-state index contributed by atoms with van der Waals surface area (Å²) in [6, 6.07) is 7.81. The number of esters is 1. The lowest BCUT2D eigenvalue weighted by Gasteiger charge is -2.30. The first-order chi connectivity index (χ1) is 12.1. The molecule has 0 N–H and O–H groups in total. The topological polar surface area (TPSA) is 90.2 Å². The van der Waals surface area contributed by atoms with Crippen LogP contribution >= 0.6 is 0 Å². The first kappa shape index (κ1) is 17.1. The van der Waals surface area contributed by atoms with Crippen molar-refractivity contribution in [2.75, 3.05) is 20.2 Å². The van der Waals surface area contributed by atoms with Crippen LogP contribution < -0.4 is 0 Å². The van der Waals surface area contributed by atoms with Gasteiger partial charge in [-0.1, -0.05) is 29.8 Å². The van der Waals surface area contributed by atoms with Gasteiger partial charge in [-0.25, -0.2) is 0 Å². The summed E-state index contributed by atoms with van der Waals surface area (Å²) in [5.74, 6) is 0.104. The molecule has 0 aliphatic carbocycles. The summed E-state index contributed by atoms with van der Waals surface area (Å²) in [6.45, 7) is 3.13. The number of carbonyl (C=O) groups is 2. The number of carbonyl (C=O) groups excluding carboxylic acids is 2. The molecule has 1 aromatic carbocycles. The van der Waals surface area contributed by atoms with Gasteiger partial charge in [0.05, 0.1) is 13.0 Å². The minimum absolute atomic E-state index is 0.0434. The van der Waals surface area contributed by atoms with Crippen LogP contribution in [0.25, 0.3) is 11.4 Å². The third-order valence-electron chi connectivity index (χ3n) is 4.42. The number of hydrogen-bond donors (Lipinski definition) is 0. The molecule has 2 heterocycles. The average molecular weight is 343 g/mol. The lowest BCUT2D eigenvalue weighted by atomic mass is 9.97. The molecule has 2 aromatic rings. The first-order valence-electron chi connectivity index (χ1n) is 8.27. The molecule has 8 heteroatoms. The molecule has 0 atom stereocenters. The minimum Gasteiger partial charge on any atom is -0.469 e. The van der Waals surface area contributed by atoms with Crippen LogP contribution in [0, 0.1) is 12.8 Å². The summed E-state index contributed by atoms with van der Waals surface area (Å²) in [6.07, 6.45) is 1.25. The zero-order valence-electron chi connectivity index (χ0n) is 14.4. The Morgan fingerprint density at radius 1 is 1.20 bits per heavy atom. The Labute approximate surface area is 145 Å². The molecule has 0 unspecified atom stereocenters. The van der Waals surface area contributed by atoms with Gasteiger partial charge in [-0.2, -0.15) is 4.80 Å². The van der Waals surface area contributed by atoms with E-state index in [0.29, 0.717) is 31.8 Å². The Morgan fingerprint density at radius 3 is 2.52 bits per heavy atom. The molecule has 0 radical (unpaired) electrons. The Kier molecular flexibility index (Phi) is 5.06.